The van der Waals surface area contributed by atoms with E-state index in [1.807, 2.05) is 31.3 Å². The van der Waals surface area contributed by atoms with Gasteiger partial charge in [-0.3, -0.25) is 10.2 Å². The Morgan fingerprint density at radius 2 is 1.87 bits per heavy atom. The number of aryl methyl sites for hydroxylation is 1. The third kappa shape index (κ3) is 1.80. The Bertz CT molecular complexity index is 1100. The van der Waals surface area contributed by atoms with Crippen LogP contribution in [0.15, 0.2) is 48.5 Å². The molecule has 0 saturated carbocycles. The number of benzene rings is 3. The van der Waals surface area contributed by atoms with E-state index in [4.69, 9.17) is 5.84 Å². The number of phenolic OH excluding ortho intramolecular Hbond substituents is 1. The van der Waals surface area contributed by atoms with Crippen LogP contribution in [0.3, 0.4) is 0 Å². The van der Waals surface area contributed by atoms with Crippen molar-refractivity contribution < 1.29 is 9.90 Å². The molecule has 23 heavy (non-hydrogen) atoms. The van der Waals surface area contributed by atoms with Crippen LogP contribution < -0.4 is 11.3 Å². The Morgan fingerprint density at radius 3 is 2.65 bits per heavy atom. The third-order valence-electron chi connectivity index (χ3n) is 4.37. The highest BCUT2D eigenvalue weighted by atomic mass is 16.3. The zero-order chi connectivity index (χ0) is 16.1. The summed E-state index contributed by atoms with van der Waals surface area (Å²) in [5.74, 6) is 4.57. The molecule has 5 heteroatoms. The highest BCUT2D eigenvalue weighted by Gasteiger charge is 2.15. The number of hydrogen-bond acceptors (Lipinski definition) is 3. The molecular weight excluding hydrogens is 290 g/mol. The van der Waals surface area contributed by atoms with Gasteiger partial charge in [0.25, 0.3) is 5.91 Å². The van der Waals surface area contributed by atoms with Crippen molar-refractivity contribution in [2.45, 2.75) is 0 Å². The Kier molecular flexibility index (Phi) is 2.79. The molecule has 0 spiro atoms. The Morgan fingerprint density at radius 1 is 1.09 bits per heavy atom. The van der Waals surface area contributed by atoms with Gasteiger partial charge in [-0.15, -0.1) is 0 Å². The Labute approximate surface area is 131 Å². The van der Waals surface area contributed by atoms with Crippen molar-refractivity contribution in [3.8, 4) is 5.75 Å². The van der Waals surface area contributed by atoms with Crippen molar-refractivity contribution in [3.63, 3.8) is 0 Å². The number of nitrogens with two attached hydrogens (primary N) is 1. The topological polar surface area (TPSA) is 80.3 Å². The maximum absolute atomic E-state index is 11.7. The summed E-state index contributed by atoms with van der Waals surface area (Å²) in [4.78, 5) is 11.7. The molecule has 0 aliphatic rings. The molecule has 1 heterocycles. The molecule has 0 aliphatic carbocycles. The van der Waals surface area contributed by atoms with Crippen molar-refractivity contribution >= 4 is 38.5 Å². The smallest absolute Gasteiger partial charge is 0.268 e. The lowest BCUT2D eigenvalue weighted by Gasteiger charge is -2.08. The summed E-state index contributed by atoms with van der Waals surface area (Å²) in [5.41, 5.74) is 4.37. The standard InChI is InChI=1S/C18H15N3O2/c1-21-15-5-3-2-4-11(15)12-7-6-10-8-14(18(23)20-19)16(22)9-13(10)17(12)21/h2-9,22H,19H2,1H3,(H,20,23). The largest absolute Gasteiger partial charge is 0.507 e. The van der Waals surface area contributed by atoms with Crippen LogP contribution in [0.2, 0.25) is 0 Å². The molecule has 0 fully saturated rings. The maximum Gasteiger partial charge on any atom is 0.268 e. The van der Waals surface area contributed by atoms with Gasteiger partial charge in [-0.25, -0.2) is 5.84 Å². The van der Waals surface area contributed by atoms with Crippen LogP contribution in [-0.2, 0) is 7.05 Å². The van der Waals surface area contributed by atoms with Gasteiger partial charge in [-0.05, 0) is 23.6 Å². The lowest BCUT2D eigenvalue weighted by atomic mass is 10.0. The van der Waals surface area contributed by atoms with Gasteiger partial charge in [0, 0.05) is 28.7 Å². The van der Waals surface area contributed by atoms with Crippen molar-refractivity contribution in [1.82, 2.24) is 9.99 Å². The molecule has 0 radical (unpaired) electrons. The zero-order valence-electron chi connectivity index (χ0n) is 12.5. The lowest BCUT2D eigenvalue weighted by molar-refractivity contribution is 0.0951. The predicted octanol–water partition coefficient (Wildman–Crippen LogP) is 2.79. The molecule has 0 aliphatic heterocycles. The lowest BCUT2D eigenvalue weighted by Crippen LogP contribution is -2.30. The maximum atomic E-state index is 11.7. The molecule has 5 nitrogen and oxygen atoms in total. The Hall–Kier alpha value is -3.05. The minimum Gasteiger partial charge on any atom is -0.507 e. The number of fused-ring (bicyclic) bond motifs is 5. The first-order chi connectivity index (χ1) is 11.1. The minimum atomic E-state index is -0.512. The van der Waals surface area contributed by atoms with Crippen molar-refractivity contribution in [2.75, 3.05) is 0 Å². The van der Waals surface area contributed by atoms with E-state index in [-0.39, 0.29) is 11.3 Å². The van der Waals surface area contributed by atoms with E-state index in [9.17, 15) is 9.90 Å². The van der Waals surface area contributed by atoms with Crippen LogP contribution in [0.5, 0.6) is 5.75 Å². The van der Waals surface area contributed by atoms with Gasteiger partial charge in [0.15, 0.2) is 0 Å². The average molecular weight is 305 g/mol. The van der Waals surface area contributed by atoms with E-state index >= 15 is 0 Å². The first kappa shape index (κ1) is 13.6. The number of amides is 1. The number of hydrazine groups is 1. The van der Waals surface area contributed by atoms with Crippen LogP contribution in [0.25, 0.3) is 32.6 Å². The van der Waals surface area contributed by atoms with E-state index in [1.54, 1.807) is 12.1 Å². The highest BCUT2D eigenvalue weighted by Crippen LogP contribution is 2.35. The van der Waals surface area contributed by atoms with Gasteiger partial charge < -0.3 is 9.67 Å². The number of phenols is 1. The fourth-order valence-corrected chi connectivity index (χ4v) is 3.30. The molecule has 4 rings (SSSR count). The van der Waals surface area contributed by atoms with E-state index in [2.05, 4.69) is 22.1 Å². The summed E-state index contributed by atoms with van der Waals surface area (Å²) < 4.78 is 2.11. The number of nitrogen functional groups attached to an aromatic ring is 1. The van der Waals surface area contributed by atoms with E-state index in [1.165, 1.54) is 0 Å². The molecule has 1 amide bonds. The number of aromatic hydroxyl groups is 1. The number of rotatable bonds is 1. The number of carbonyl (C=O) groups is 1. The second-order valence-electron chi connectivity index (χ2n) is 5.60. The van der Waals surface area contributed by atoms with Gasteiger partial charge >= 0.3 is 0 Å². The number of para-hydroxylation sites is 1. The SMILES string of the molecule is Cn1c2ccccc2c2ccc3cc(C(=O)NN)c(O)cc3c21. The highest BCUT2D eigenvalue weighted by molar-refractivity contribution is 6.18. The molecule has 1 aromatic heterocycles. The van der Waals surface area contributed by atoms with E-state index < -0.39 is 5.91 Å². The normalized spacial score (nSPS) is 11.4. The van der Waals surface area contributed by atoms with Crippen molar-refractivity contribution in [1.29, 1.82) is 0 Å². The second-order valence-corrected chi connectivity index (χ2v) is 5.60. The molecule has 0 saturated heterocycles. The van der Waals surface area contributed by atoms with Gasteiger partial charge in [0.1, 0.15) is 5.75 Å². The van der Waals surface area contributed by atoms with E-state index in [0.29, 0.717) is 0 Å². The van der Waals surface area contributed by atoms with Crippen molar-refractivity contribution in [2.24, 2.45) is 12.9 Å². The summed E-state index contributed by atoms with van der Waals surface area (Å²) in [5, 5.41) is 14.3. The molecule has 0 unspecified atom stereocenters. The van der Waals surface area contributed by atoms with Gasteiger partial charge in [-0.2, -0.15) is 0 Å². The first-order valence-electron chi connectivity index (χ1n) is 7.25. The zero-order valence-corrected chi connectivity index (χ0v) is 12.5. The number of aromatic nitrogens is 1. The fourth-order valence-electron chi connectivity index (χ4n) is 3.30. The van der Waals surface area contributed by atoms with Crippen LogP contribution in [0, 0.1) is 0 Å². The van der Waals surface area contributed by atoms with Crippen LogP contribution in [0.1, 0.15) is 10.4 Å². The number of nitrogens with zero attached hydrogens (tertiary/aromatic N) is 1. The predicted molar refractivity (Wildman–Crippen MR) is 91.2 cm³/mol. The number of carbonyl (C=O) groups excluding carboxylic acids is 1. The van der Waals surface area contributed by atoms with Crippen molar-refractivity contribution in [3.05, 3.63) is 54.1 Å². The first-order valence-corrected chi connectivity index (χ1v) is 7.25. The summed E-state index contributed by atoms with van der Waals surface area (Å²) in [6.45, 7) is 0. The molecular formula is C18H15N3O2. The number of hydrogen-bond donors (Lipinski definition) is 3. The molecule has 4 aromatic rings. The van der Waals surface area contributed by atoms with Crippen LogP contribution in [-0.4, -0.2) is 15.6 Å². The minimum absolute atomic E-state index is 0.0850. The number of nitrogens with one attached hydrogen (secondary N) is 1. The second kappa shape index (κ2) is 4.72. The molecule has 3 aromatic carbocycles. The van der Waals surface area contributed by atoms with E-state index in [0.717, 1.165) is 32.6 Å². The average Bonchev–Trinajstić information content (AvgIpc) is 2.87. The third-order valence-corrected chi connectivity index (χ3v) is 4.37. The molecule has 114 valence electrons. The van der Waals surface area contributed by atoms with Crippen LogP contribution in [0.4, 0.5) is 0 Å². The van der Waals surface area contributed by atoms with Crippen LogP contribution >= 0.6 is 0 Å². The fraction of sp³-hybridized carbons (Fsp3) is 0.0556. The van der Waals surface area contributed by atoms with Gasteiger partial charge in [-0.1, -0.05) is 30.3 Å². The monoisotopic (exact) mass is 305 g/mol. The summed E-state index contributed by atoms with van der Waals surface area (Å²) in [6.07, 6.45) is 0. The summed E-state index contributed by atoms with van der Waals surface area (Å²) >= 11 is 0. The summed E-state index contributed by atoms with van der Waals surface area (Å²) in [7, 11) is 2.00. The molecule has 0 atom stereocenters. The summed E-state index contributed by atoms with van der Waals surface area (Å²) in [6, 6.07) is 15.4. The Balaban J connectivity index is 2.17. The molecule has 4 N–H and O–H groups in total. The van der Waals surface area contributed by atoms with Gasteiger partial charge in [0.05, 0.1) is 11.1 Å². The molecule has 0 bridgehead atoms. The quantitative estimate of drug-likeness (QED) is 0.287. The van der Waals surface area contributed by atoms with Gasteiger partial charge in [0.2, 0.25) is 0 Å².